The molecule has 2 aliphatic heterocycles. The zero-order chi connectivity index (χ0) is 17.4. The van der Waals surface area contributed by atoms with E-state index in [1.165, 1.54) is 17.3 Å². The number of aliphatic imine (C=N–C) groups is 1. The third-order valence-corrected chi connectivity index (χ3v) is 8.68. The highest BCUT2D eigenvalue weighted by Gasteiger charge is 2.41. The van der Waals surface area contributed by atoms with E-state index in [-0.39, 0.29) is 29.5 Å². The average molecular weight is 397 g/mol. The summed E-state index contributed by atoms with van der Waals surface area (Å²) in [5.41, 5.74) is 2.20. The third kappa shape index (κ3) is 4.06. The fourth-order valence-corrected chi connectivity index (χ4v) is 6.98. The van der Waals surface area contributed by atoms with Crippen LogP contribution in [0.3, 0.4) is 0 Å². The van der Waals surface area contributed by atoms with Gasteiger partial charge < -0.3 is 4.90 Å². The Hall–Kier alpha value is -0.990. The largest absolute Gasteiger partial charge is 0.335 e. The second-order valence-corrected chi connectivity index (χ2v) is 11.1. The van der Waals surface area contributed by atoms with E-state index in [4.69, 9.17) is 0 Å². The van der Waals surface area contributed by atoms with Gasteiger partial charge in [-0.1, -0.05) is 41.7 Å². The van der Waals surface area contributed by atoms with Gasteiger partial charge in [-0.2, -0.15) is 0 Å². The number of sulfone groups is 1. The molecule has 0 bridgehead atoms. The summed E-state index contributed by atoms with van der Waals surface area (Å²) in [6, 6.07) is 8.17. The van der Waals surface area contributed by atoms with Crippen LogP contribution in [0.15, 0.2) is 29.3 Å². The number of hydrogen-bond donors (Lipinski definition) is 0. The van der Waals surface area contributed by atoms with Crippen LogP contribution in [-0.4, -0.2) is 52.9 Å². The Morgan fingerprint density at radius 2 is 2.04 bits per heavy atom. The summed E-state index contributed by atoms with van der Waals surface area (Å²) in [4.78, 5) is 19.3. The maximum absolute atomic E-state index is 12.8. The van der Waals surface area contributed by atoms with Gasteiger partial charge in [0.1, 0.15) is 4.38 Å². The fraction of sp³-hybridized carbons (Fsp3) is 0.529. The van der Waals surface area contributed by atoms with Crippen LogP contribution in [0.4, 0.5) is 5.69 Å². The SMILES string of the molecule is O=C(CSC1=Nc2ccccc2CS1)N(C1CC1)[C@H]1CCS(=O)(=O)C1. The molecule has 2 heterocycles. The highest BCUT2D eigenvalue weighted by molar-refractivity contribution is 8.38. The maximum atomic E-state index is 12.8. The molecule has 1 atom stereocenters. The van der Waals surface area contributed by atoms with Crippen LogP contribution in [0.1, 0.15) is 24.8 Å². The summed E-state index contributed by atoms with van der Waals surface area (Å²) in [6.07, 6.45) is 2.57. The Bertz CT molecular complexity index is 818. The Morgan fingerprint density at radius 3 is 2.76 bits per heavy atom. The predicted octanol–water partition coefficient (Wildman–Crippen LogP) is 2.83. The number of rotatable bonds is 4. The van der Waals surface area contributed by atoms with Gasteiger partial charge >= 0.3 is 0 Å². The average Bonchev–Trinajstić information content (AvgIpc) is 3.36. The van der Waals surface area contributed by atoms with Crippen molar-refractivity contribution in [3.8, 4) is 0 Å². The molecule has 1 amide bonds. The minimum atomic E-state index is -2.98. The Kier molecular flexibility index (Phi) is 4.85. The minimum Gasteiger partial charge on any atom is -0.335 e. The van der Waals surface area contributed by atoms with Crippen molar-refractivity contribution in [3.63, 3.8) is 0 Å². The second-order valence-electron chi connectivity index (χ2n) is 6.67. The molecule has 3 aliphatic rings. The van der Waals surface area contributed by atoms with E-state index >= 15 is 0 Å². The molecule has 1 aliphatic carbocycles. The lowest BCUT2D eigenvalue weighted by atomic mass is 10.2. The molecule has 0 N–H and O–H groups in total. The lowest BCUT2D eigenvalue weighted by Gasteiger charge is -2.28. The predicted molar refractivity (Wildman–Crippen MR) is 104 cm³/mol. The molecule has 1 aromatic carbocycles. The Morgan fingerprint density at radius 1 is 1.24 bits per heavy atom. The monoisotopic (exact) mass is 396 g/mol. The van der Waals surface area contributed by atoms with Crippen molar-refractivity contribution in [1.82, 2.24) is 4.90 Å². The van der Waals surface area contributed by atoms with E-state index in [0.29, 0.717) is 12.2 Å². The topological polar surface area (TPSA) is 66.8 Å². The first-order chi connectivity index (χ1) is 12.0. The van der Waals surface area contributed by atoms with Crippen molar-refractivity contribution in [3.05, 3.63) is 29.8 Å². The van der Waals surface area contributed by atoms with Gasteiger partial charge in [0.2, 0.25) is 5.91 Å². The number of fused-ring (bicyclic) bond motifs is 1. The van der Waals surface area contributed by atoms with Crippen LogP contribution in [-0.2, 0) is 20.4 Å². The van der Waals surface area contributed by atoms with Crippen molar-refractivity contribution in [2.75, 3.05) is 17.3 Å². The normalized spacial score (nSPS) is 24.5. The molecule has 1 saturated carbocycles. The van der Waals surface area contributed by atoms with Gasteiger partial charge in [-0.25, -0.2) is 13.4 Å². The molecular formula is C17H20N2O3S3. The van der Waals surface area contributed by atoms with E-state index in [0.717, 1.165) is 28.7 Å². The van der Waals surface area contributed by atoms with Gasteiger partial charge in [-0.15, -0.1) is 0 Å². The number of thioether (sulfide) groups is 2. The van der Waals surface area contributed by atoms with Crippen LogP contribution in [0.2, 0.25) is 0 Å². The molecule has 2 fully saturated rings. The summed E-state index contributed by atoms with van der Waals surface area (Å²) >= 11 is 3.14. The fourth-order valence-electron chi connectivity index (χ4n) is 3.34. The van der Waals surface area contributed by atoms with Crippen molar-refractivity contribution in [1.29, 1.82) is 0 Å². The van der Waals surface area contributed by atoms with Crippen LogP contribution in [0, 0.1) is 0 Å². The number of para-hydroxylation sites is 1. The molecule has 4 rings (SSSR count). The van der Waals surface area contributed by atoms with Crippen LogP contribution in [0.5, 0.6) is 0 Å². The maximum Gasteiger partial charge on any atom is 0.233 e. The number of nitrogens with zero attached hydrogens (tertiary/aromatic N) is 2. The second kappa shape index (κ2) is 6.96. The third-order valence-electron chi connectivity index (χ3n) is 4.70. The van der Waals surface area contributed by atoms with Gasteiger partial charge in [-0.05, 0) is 30.9 Å². The summed E-state index contributed by atoms with van der Waals surface area (Å²) in [5, 5.41) is 0. The smallest absolute Gasteiger partial charge is 0.233 e. The molecular weight excluding hydrogens is 376 g/mol. The number of amides is 1. The Labute approximate surface area is 156 Å². The molecule has 8 heteroatoms. The van der Waals surface area contributed by atoms with E-state index in [1.807, 2.05) is 23.1 Å². The first-order valence-corrected chi connectivity index (χ1v) is 12.2. The first kappa shape index (κ1) is 17.4. The lowest BCUT2D eigenvalue weighted by Crippen LogP contribution is -2.43. The summed E-state index contributed by atoms with van der Waals surface area (Å²) in [5.74, 6) is 1.60. The minimum absolute atomic E-state index is 0.0526. The standard InChI is InChI=1S/C17H20N2O3S3/c20-16(19(13-5-6-13)14-7-8-25(21,22)11-14)10-24-17-18-15-4-2-1-3-12(15)9-23-17/h1-4,13-14H,5-11H2/t14-/m0/s1. The molecule has 0 radical (unpaired) electrons. The van der Waals surface area contributed by atoms with E-state index in [2.05, 4.69) is 11.1 Å². The van der Waals surface area contributed by atoms with Crippen LogP contribution < -0.4 is 0 Å². The highest BCUT2D eigenvalue weighted by atomic mass is 32.2. The summed E-state index contributed by atoms with van der Waals surface area (Å²) in [7, 11) is -2.98. The van der Waals surface area contributed by atoms with Crippen molar-refractivity contribution in [2.24, 2.45) is 4.99 Å². The molecule has 1 aromatic rings. The van der Waals surface area contributed by atoms with Crippen molar-refractivity contribution in [2.45, 2.75) is 37.1 Å². The number of hydrogen-bond acceptors (Lipinski definition) is 6. The van der Waals surface area contributed by atoms with Crippen LogP contribution >= 0.6 is 23.5 Å². The number of carbonyl (C=O) groups excluding carboxylic acids is 1. The molecule has 0 aromatic heterocycles. The first-order valence-electron chi connectivity index (χ1n) is 8.46. The van der Waals surface area contributed by atoms with Crippen molar-refractivity contribution >= 4 is 49.3 Å². The van der Waals surface area contributed by atoms with E-state index < -0.39 is 9.84 Å². The summed E-state index contributed by atoms with van der Waals surface area (Å²) < 4.78 is 24.5. The lowest BCUT2D eigenvalue weighted by molar-refractivity contribution is -0.130. The van der Waals surface area contributed by atoms with Gasteiger partial charge in [-0.3, -0.25) is 4.79 Å². The zero-order valence-corrected chi connectivity index (χ0v) is 16.2. The van der Waals surface area contributed by atoms with Crippen molar-refractivity contribution < 1.29 is 13.2 Å². The van der Waals surface area contributed by atoms with Gasteiger partial charge in [0.05, 0.1) is 22.9 Å². The van der Waals surface area contributed by atoms with E-state index in [9.17, 15) is 13.2 Å². The van der Waals surface area contributed by atoms with Crippen LogP contribution in [0.25, 0.3) is 0 Å². The number of benzene rings is 1. The highest BCUT2D eigenvalue weighted by Crippen LogP contribution is 2.36. The molecule has 25 heavy (non-hydrogen) atoms. The quantitative estimate of drug-likeness (QED) is 0.783. The van der Waals surface area contributed by atoms with Gasteiger partial charge in [0.25, 0.3) is 0 Å². The number of carbonyl (C=O) groups is 1. The van der Waals surface area contributed by atoms with Gasteiger partial charge in [0.15, 0.2) is 9.84 Å². The molecule has 1 saturated heterocycles. The summed E-state index contributed by atoms with van der Waals surface area (Å²) in [6.45, 7) is 0. The van der Waals surface area contributed by atoms with E-state index in [1.54, 1.807) is 11.8 Å². The molecule has 0 spiro atoms. The molecule has 0 unspecified atom stereocenters. The molecule has 5 nitrogen and oxygen atoms in total. The Balaban J connectivity index is 1.40. The van der Waals surface area contributed by atoms with Gasteiger partial charge in [0, 0.05) is 17.8 Å². The zero-order valence-electron chi connectivity index (χ0n) is 13.8. The molecule has 134 valence electrons.